The number of nitrogens with zero attached hydrogens (tertiary/aromatic N) is 3. The second kappa shape index (κ2) is 6.91. The fourth-order valence-electron chi connectivity index (χ4n) is 4.40. The van der Waals surface area contributed by atoms with Gasteiger partial charge >= 0.3 is 6.03 Å². The second-order valence-corrected chi connectivity index (χ2v) is 9.38. The van der Waals surface area contributed by atoms with Gasteiger partial charge in [0.15, 0.2) is 0 Å². The van der Waals surface area contributed by atoms with Gasteiger partial charge in [0.2, 0.25) is 0 Å². The Morgan fingerprint density at radius 2 is 1.85 bits per heavy atom. The first-order valence-electron chi connectivity index (χ1n) is 9.70. The monoisotopic (exact) mass is 385 g/mol. The second-order valence-electron chi connectivity index (χ2n) is 8.21. The highest BCUT2D eigenvalue weighted by atomic mass is 32.1. The third kappa shape index (κ3) is 3.15. The van der Waals surface area contributed by atoms with Gasteiger partial charge in [-0.05, 0) is 36.3 Å². The summed E-state index contributed by atoms with van der Waals surface area (Å²) >= 11 is 1.84. The third-order valence-corrected chi connectivity index (χ3v) is 6.93. The first kappa shape index (κ1) is 18.4. The highest BCUT2D eigenvalue weighted by Crippen LogP contribution is 2.38. The summed E-state index contributed by atoms with van der Waals surface area (Å²) in [6.07, 6.45) is 1.44. The van der Waals surface area contributed by atoms with Gasteiger partial charge in [0, 0.05) is 42.8 Å². The van der Waals surface area contributed by atoms with E-state index in [1.54, 1.807) is 7.05 Å². The first-order valence-corrected chi connectivity index (χ1v) is 10.5. The molecule has 144 valence electrons. The van der Waals surface area contributed by atoms with Crippen molar-refractivity contribution in [2.75, 3.05) is 26.7 Å². The number of carbonyl (C=O) groups is 2. The predicted octanol–water partition coefficient (Wildman–Crippen LogP) is 3.79. The molecule has 6 heteroatoms. The Morgan fingerprint density at radius 1 is 1.15 bits per heavy atom. The molecule has 0 N–H and O–H groups in total. The van der Waals surface area contributed by atoms with E-state index in [1.165, 1.54) is 19.9 Å². The molecule has 0 bridgehead atoms. The van der Waals surface area contributed by atoms with E-state index in [4.69, 9.17) is 0 Å². The van der Waals surface area contributed by atoms with Crippen LogP contribution in [0.15, 0.2) is 30.3 Å². The van der Waals surface area contributed by atoms with Crippen LogP contribution in [0.1, 0.15) is 31.6 Å². The maximum Gasteiger partial charge on any atom is 0.327 e. The van der Waals surface area contributed by atoms with Gasteiger partial charge in [0.25, 0.3) is 5.91 Å². The standard InChI is InChI=1S/C21H27N3O2S/c1-15(2)13-24-20(26)22(3)19(25)21(24)8-10-23(11-9-21)14-17-12-16-6-4-5-7-18(16)27-17/h4-7,12,15H,8-11,13-14H2,1-3H3. The fourth-order valence-corrected chi connectivity index (χ4v) is 5.50. The van der Waals surface area contributed by atoms with E-state index < -0.39 is 5.54 Å². The average Bonchev–Trinajstić information content (AvgIpc) is 3.13. The van der Waals surface area contributed by atoms with E-state index in [0.29, 0.717) is 12.5 Å². The van der Waals surface area contributed by atoms with Crippen molar-refractivity contribution in [3.05, 3.63) is 35.2 Å². The molecule has 1 aromatic heterocycles. The lowest BCUT2D eigenvalue weighted by Crippen LogP contribution is -2.57. The summed E-state index contributed by atoms with van der Waals surface area (Å²) in [7, 11) is 1.62. The molecule has 2 fully saturated rings. The lowest BCUT2D eigenvalue weighted by Gasteiger charge is -2.42. The van der Waals surface area contributed by atoms with E-state index in [1.807, 2.05) is 16.2 Å². The van der Waals surface area contributed by atoms with Crippen LogP contribution in [0.3, 0.4) is 0 Å². The predicted molar refractivity (Wildman–Crippen MR) is 109 cm³/mol. The van der Waals surface area contributed by atoms with E-state index >= 15 is 0 Å². The van der Waals surface area contributed by atoms with Crippen molar-refractivity contribution in [3.8, 4) is 0 Å². The van der Waals surface area contributed by atoms with E-state index in [9.17, 15) is 9.59 Å². The lowest BCUT2D eigenvalue weighted by atomic mass is 9.85. The van der Waals surface area contributed by atoms with Crippen LogP contribution in [0, 0.1) is 5.92 Å². The molecule has 3 amide bonds. The van der Waals surface area contributed by atoms with Crippen molar-refractivity contribution < 1.29 is 9.59 Å². The SMILES string of the molecule is CC(C)CN1C(=O)N(C)C(=O)C12CCN(Cc1cc3ccccc3s1)CC2. The van der Waals surface area contributed by atoms with Gasteiger partial charge in [-0.2, -0.15) is 0 Å². The summed E-state index contributed by atoms with van der Waals surface area (Å²) in [5.41, 5.74) is -0.632. The van der Waals surface area contributed by atoms with Crippen LogP contribution in [-0.4, -0.2) is 58.9 Å². The number of thiophene rings is 1. The molecule has 27 heavy (non-hydrogen) atoms. The largest absolute Gasteiger partial charge is 0.327 e. The normalized spacial score (nSPS) is 20.6. The number of amides is 3. The van der Waals surface area contributed by atoms with Crippen molar-refractivity contribution in [2.24, 2.45) is 5.92 Å². The highest BCUT2D eigenvalue weighted by Gasteiger charge is 2.56. The number of rotatable bonds is 4. The molecule has 2 aliphatic heterocycles. The highest BCUT2D eigenvalue weighted by molar-refractivity contribution is 7.19. The van der Waals surface area contributed by atoms with Crippen LogP contribution in [0.25, 0.3) is 10.1 Å². The summed E-state index contributed by atoms with van der Waals surface area (Å²) in [5.74, 6) is 0.330. The molecule has 0 atom stereocenters. The molecule has 0 saturated carbocycles. The Labute approximate surface area is 164 Å². The lowest BCUT2D eigenvalue weighted by molar-refractivity contribution is -0.135. The molecule has 5 nitrogen and oxygen atoms in total. The quantitative estimate of drug-likeness (QED) is 0.752. The minimum absolute atomic E-state index is 0.0188. The number of urea groups is 1. The van der Waals surface area contributed by atoms with Crippen molar-refractivity contribution >= 4 is 33.4 Å². The minimum Gasteiger partial charge on any atom is -0.309 e. The number of benzene rings is 1. The topological polar surface area (TPSA) is 43.9 Å². The van der Waals surface area contributed by atoms with Gasteiger partial charge in [-0.15, -0.1) is 11.3 Å². The zero-order valence-electron chi connectivity index (χ0n) is 16.3. The molecule has 2 saturated heterocycles. The molecule has 4 rings (SSSR count). The Balaban J connectivity index is 1.48. The molecule has 0 unspecified atom stereocenters. The number of fused-ring (bicyclic) bond motifs is 1. The molecule has 3 heterocycles. The van der Waals surface area contributed by atoms with Gasteiger partial charge in [-0.1, -0.05) is 32.0 Å². The number of imide groups is 1. The van der Waals surface area contributed by atoms with E-state index in [2.05, 4.69) is 49.1 Å². The first-order chi connectivity index (χ1) is 12.9. The van der Waals surface area contributed by atoms with Crippen molar-refractivity contribution in [1.82, 2.24) is 14.7 Å². The Hall–Kier alpha value is -1.92. The van der Waals surface area contributed by atoms with Crippen LogP contribution in [0.5, 0.6) is 0 Å². The summed E-state index contributed by atoms with van der Waals surface area (Å²) < 4.78 is 1.32. The maximum absolute atomic E-state index is 12.9. The average molecular weight is 386 g/mol. The van der Waals surface area contributed by atoms with Crippen molar-refractivity contribution in [2.45, 2.75) is 38.8 Å². The third-order valence-electron chi connectivity index (χ3n) is 5.82. The van der Waals surface area contributed by atoms with Gasteiger partial charge in [0.05, 0.1) is 0 Å². The molecular formula is C21H27N3O2S. The Bertz CT molecular complexity index is 834. The molecular weight excluding hydrogens is 358 g/mol. The van der Waals surface area contributed by atoms with Crippen LogP contribution in [-0.2, 0) is 11.3 Å². The van der Waals surface area contributed by atoms with Crippen LogP contribution in [0.4, 0.5) is 4.79 Å². The van der Waals surface area contributed by atoms with Crippen LogP contribution < -0.4 is 0 Å². The number of hydrogen-bond donors (Lipinski definition) is 0. The van der Waals surface area contributed by atoms with Gasteiger partial charge in [0.1, 0.15) is 5.54 Å². The minimum atomic E-state index is -0.632. The number of carbonyl (C=O) groups excluding carboxylic acids is 2. The summed E-state index contributed by atoms with van der Waals surface area (Å²) in [4.78, 5) is 32.5. The van der Waals surface area contributed by atoms with Gasteiger partial charge in [-0.25, -0.2) is 4.79 Å². The molecule has 0 radical (unpaired) electrons. The number of hydrogen-bond acceptors (Lipinski definition) is 4. The summed E-state index contributed by atoms with van der Waals surface area (Å²) in [6, 6.07) is 10.6. The molecule has 0 aliphatic carbocycles. The zero-order valence-corrected chi connectivity index (χ0v) is 17.1. The smallest absolute Gasteiger partial charge is 0.309 e. The van der Waals surface area contributed by atoms with Gasteiger partial charge in [-0.3, -0.25) is 14.6 Å². The maximum atomic E-state index is 12.9. The number of piperidine rings is 1. The number of likely N-dealkylation sites (tertiary alicyclic amines) is 1. The molecule has 2 aliphatic rings. The molecule has 1 aromatic carbocycles. The van der Waals surface area contributed by atoms with Crippen molar-refractivity contribution in [1.29, 1.82) is 0 Å². The summed E-state index contributed by atoms with van der Waals surface area (Å²) in [5, 5.41) is 1.30. The Morgan fingerprint density at radius 3 is 2.52 bits per heavy atom. The van der Waals surface area contributed by atoms with E-state index in [0.717, 1.165) is 32.5 Å². The molecule has 1 spiro atoms. The van der Waals surface area contributed by atoms with Crippen LogP contribution >= 0.6 is 11.3 Å². The van der Waals surface area contributed by atoms with Gasteiger partial charge < -0.3 is 4.90 Å². The molecule has 2 aromatic rings. The van der Waals surface area contributed by atoms with Crippen molar-refractivity contribution in [3.63, 3.8) is 0 Å². The van der Waals surface area contributed by atoms with Crippen LogP contribution in [0.2, 0.25) is 0 Å². The summed E-state index contributed by atoms with van der Waals surface area (Å²) in [6.45, 7) is 7.44. The van der Waals surface area contributed by atoms with E-state index in [-0.39, 0.29) is 11.9 Å². The number of likely N-dealkylation sites (N-methyl/N-ethyl adjacent to an activating group) is 1. The zero-order chi connectivity index (χ0) is 19.2. The Kier molecular flexibility index (Phi) is 4.72. The fraction of sp³-hybridized carbons (Fsp3) is 0.524.